The first-order valence-electron chi connectivity index (χ1n) is 6.83. The van der Waals surface area contributed by atoms with Gasteiger partial charge in [-0.1, -0.05) is 13.8 Å². The number of esters is 1. The van der Waals surface area contributed by atoms with Crippen molar-refractivity contribution in [1.29, 1.82) is 0 Å². The molecule has 1 aliphatic carbocycles. The summed E-state index contributed by atoms with van der Waals surface area (Å²) in [5.74, 6) is 0.264. The standard InChI is InChI=1S/C14H20N2O4/c1-9(2)6-13(17)16(10-4-5-10)7-12-15-11(8-20-12)14(18)19-3/h8-10H,4-7H2,1-3H3. The van der Waals surface area contributed by atoms with Crippen LogP contribution < -0.4 is 0 Å². The lowest BCUT2D eigenvalue weighted by molar-refractivity contribution is -0.133. The Morgan fingerprint density at radius 1 is 1.50 bits per heavy atom. The molecule has 0 N–H and O–H groups in total. The highest BCUT2D eigenvalue weighted by Gasteiger charge is 2.33. The molecular weight excluding hydrogens is 260 g/mol. The number of ether oxygens (including phenoxy) is 1. The topological polar surface area (TPSA) is 72.6 Å². The molecule has 1 aromatic heterocycles. The Morgan fingerprint density at radius 3 is 2.75 bits per heavy atom. The molecule has 0 bridgehead atoms. The molecule has 2 rings (SSSR count). The molecule has 0 unspecified atom stereocenters. The first-order chi connectivity index (χ1) is 9.51. The summed E-state index contributed by atoms with van der Waals surface area (Å²) in [5, 5.41) is 0. The van der Waals surface area contributed by atoms with Crippen LogP contribution in [0.5, 0.6) is 0 Å². The Kier molecular flexibility index (Phi) is 4.42. The Hall–Kier alpha value is -1.85. The van der Waals surface area contributed by atoms with Gasteiger partial charge in [-0.3, -0.25) is 4.79 Å². The lowest BCUT2D eigenvalue weighted by atomic mass is 10.1. The van der Waals surface area contributed by atoms with Crippen molar-refractivity contribution in [3.63, 3.8) is 0 Å². The molecule has 0 aromatic carbocycles. The highest BCUT2D eigenvalue weighted by atomic mass is 16.5. The zero-order valence-corrected chi connectivity index (χ0v) is 12.1. The van der Waals surface area contributed by atoms with E-state index in [-0.39, 0.29) is 17.6 Å². The molecule has 0 radical (unpaired) electrons. The Bertz CT molecular complexity index is 491. The highest BCUT2D eigenvalue weighted by Crippen LogP contribution is 2.29. The monoisotopic (exact) mass is 280 g/mol. The first-order valence-corrected chi connectivity index (χ1v) is 6.83. The summed E-state index contributed by atoms with van der Waals surface area (Å²) in [5.41, 5.74) is 0.134. The van der Waals surface area contributed by atoms with Crippen molar-refractivity contribution in [2.24, 2.45) is 5.92 Å². The number of hydrogen-bond donors (Lipinski definition) is 0. The van der Waals surface area contributed by atoms with Crippen molar-refractivity contribution in [3.8, 4) is 0 Å². The van der Waals surface area contributed by atoms with Crippen LogP contribution in [0.1, 0.15) is 49.5 Å². The number of nitrogens with zero attached hydrogens (tertiary/aromatic N) is 2. The van der Waals surface area contributed by atoms with Crippen LogP contribution in [0.2, 0.25) is 0 Å². The van der Waals surface area contributed by atoms with Gasteiger partial charge in [0.1, 0.15) is 6.26 Å². The average Bonchev–Trinajstić information content (AvgIpc) is 3.12. The molecule has 1 amide bonds. The number of hydrogen-bond acceptors (Lipinski definition) is 5. The van der Waals surface area contributed by atoms with E-state index in [1.807, 2.05) is 13.8 Å². The van der Waals surface area contributed by atoms with Gasteiger partial charge >= 0.3 is 5.97 Å². The zero-order chi connectivity index (χ0) is 14.7. The average molecular weight is 280 g/mol. The smallest absolute Gasteiger partial charge is 0.360 e. The van der Waals surface area contributed by atoms with Gasteiger partial charge in [0.15, 0.2) is 5.69 Å². The van der Waals surface area contributed by atoms with Gasteiger partial charge in [0.05, 0.1) is 13.7 Å². The third kappa shape index (κ3) is 3.59. The predicted octanol–water partition coefficient (Wildman–Crippen LogP) is 2.00. The molecule has 6 nitrogen and oxygen atoms in total. The number of aromatic nitrogens is 1. The maximum Gasteiger partial charge on any atom is 0.360 e. The summed E-state index contributed by atoms with van der Waals surface area (Å²) in [7, 11) is 1.29. The van der Waals surface area contributed by atoms with E-state index >= 15 is 0 Å². The van der Waals surface area contributed by atoms with Crippen molar-refractivity contribution < 1.29 is 18.7 Å². The van der Waals surface area contributed by atoms with E-state index < -0.39 is 5.97 Å². The molecule has 6 heteroatoms. The molecule has 0 spiro atoms. The minimum absolute atomic E-state index is 0.111. The van der Waals surface area contributed by atoms with Crippen LogP contribution in [0, 0.1) is 5.92 Å². The predicted molar refractivity (Wildman–Crippen MR) is 70.9 cm³/mol. The van der Waals surface area contributed by atoms with Crippen LogP contribution in [0.15, 0.2) is 10.7 Å². The fraction of sp³-hybridized carbons (Fsp3) is 0.643. The van der Waals surface area contributed by atoms with E-state index in [1.165, 1.54) is 13.4 Å². The second kappa shape index (κ2) is 6.07. The van der Waals surface area contributed by atoms with Crippen LogP contribution in [-0.4, -0.2) is 34.9 Å². The first kappa shape index (κ1) is 14.6. The van der Waals surface area contributed by atoms with Crippen molar-refractivity contribution in [3.05, 3.63) is 17.8 Å². The quantitative estimate of drug-likeness (QED) is 0.745. The molecular formula is C14H20N2O4. The number of oxazole rings is 1. The van der Waals surface area contributed by atoms with Gasteiger partial charge in [-0.2, -0.15) is 0 Å². The zero-order valence-electron chi connectivity index (χ0n) is 12.1. The molecule has 1 aromatic rings. The maximum absolute atomic E-state index is 12.2. The molecule has 1 saturated carbocycles. The van der Waals surface area contributed by atoms with Gasteiger partial charge in [0.25, 0.3) is 0 Å². The minimum Gasteiger partial charge on any atom is -0.464 e. The van der Waals surface area contributed by atoms with Crippen molar-refractivity contribution in [2.45, 2.75) is 45.7 Å². The van der Waals surface area contributed by atoms with E-state index in [0.717, 1.165) is 12.8 Å². The summed E-state index contributed by atoms with van der Waals surface area (Å²) in [6.07, 6.45) is 3.82. The fourth-order valence-electron chi connectivity index (χ4n) is 2.00. The number of rotatable bonds is 6. The van der Waals surface area contributed by atoms with Gasteiger partial charge in [-0.15, -0.1) is 0 Å². The fourth-order valence-corrected chi connectivity index (χ4v) is 2.00. The van der Waals surface area contributed by atoms with Crippen LogP contribution in [0.25, 0.3) is 0 Å². The largest absolute Gasteiger partial charge is 0.464 e. The second-order valence-electron chi connectivity index (χ2n) is 5.47. The normalized spacial score (nSPS) is 14.4. The van der Waals surface area contributed by atoms with Gasteiger partial charge in [-0.25, -0.2) is 9.78 Å². The van der Waals surface area contributed by atoms with E-state index in [2.05, 4.69) is 9.72 Å². The molecule has 0 saturated heterocycles. The lowest BCUT2D eigenvalue weighted by Crippen LogP contribution is -2.33. The summed E-state index contributed by atoms with van der Waals surface area (Å²) in [4.78, 5) is 29.4. The molecule has 110 valence electrons. The van der Waals surface area contributed by atoms with Gasteiger partial charge in [0, 0.05) is 12.5 Å². The third-order valence-electron chi connectivity index (χ3n) is 3.14. The third-order valence-corrected chi connectivity index (χ3v) is 3.14. The molecule has 20 heavy (non-hydrogen) atoms. The Balaban J connectivity index is 2.03. The number of carbonyl (C=O) groups excluding carboxylic acids is 2. The van der Waals surface area contributed by atoms with Crippen molar-refractivity contribution in [1.82, 2.24) is 9.88 Å². The molecule has 0 aliphatic heterocycles. The molecule has 0 atom stereocenters. The van der Waals surface area contributed by atoms with Crippen molar-refractivity contribution in [2.75, 3.05) is 7.11 Å². The number of amides is 1. The Labute approximate surface area is 118 Å². The Morgan fingerprint density at radius 2 is 2.20 bits per heavy atom. The molecule has 1 heterocycles. The maximum atomic E-state index is 12.2. The van der Waals surface area contributed by atoms with E-state index in [1.54, 1.807) is 4.90 Å². The molecule has 1 fully saturated rings. The summed E-state index contributed by atoms with van der Waals surface area (Å²) in [6.45, 7) is 4.35. The van der Waals surface area contributed by atoms with E-state index in [0.29, 0.717) is 24.8 Å². The van der Waals surface area contributed by atoms with Gasteiger partial charge < -0.3 is 14.1 Å². The number of methoxy groups -OCH3 is 1. The second-order valence-corrected chi connectivity index (χ2v) is 5.47. The summed E-state index contributed by atoms with van der Waals surface area (Å²) >= 11 is 0. The van der Waals surface area contributed by atoms with Gasteiger partial charge in [0.2, 0.25) is 11.8 Å². The lowest BCUT2D eigenvalue weighted by Gasteiger charge is -2.21. The highest BCUT2D eigenvalue weighted by molar-refractivity contribution is 5.86. The minimum atomic E-state index is -0.536. The molecule has 1 aliphatic rings. The summed E-state index contributed by atoms with van der Waals surface area (Å²) in [6, 6.07) is 0.287. The van der Waals surface area contributed by atoms with Crippen LogP contribution >= 0.6 is 0 Å². The number of carbonyl (C=O) groups is 2. The van der Waals surface area contributed by atoms with Crippen LogP contribution in [0.4, 0.5) is 0 Å². The van der Waals surface area contributed by atoms with E-state index in [4.69, 9.17) is 4.42 Å². The van der Waals surface area contributed by atoms with Crippen molar-refractivity contribution >= 4 is 11.9 Å². The van der Waals surface area contributed by atoms with Gasteiger partial charge in [-0.05, 0) is 18.8 Å². The SMILES string of the molecule is COC(=O)c1coc(CN(C(=O)CC(C)C)C2CC2)n1. The van der Waals surface area contributed by atoms with Crippen LogP contribution in [0.3, 0.4) is 0 Å². The van der Waals surface area contributed by atoms with Crippen LogP contribution in [-0.2, 0) is 16.1 Å². The van der Waals surface area contributed by atoms with E-state index in [9.17, 15) is 9.59 Å². The summed E-state index contributed by atoms with van der Waals surface area (Å²) < 4.78 is 9.82.